The average molecular weight is 279 g/mol. The molecule has 1 spiro atoms. The van der Waals surface area contributed by atoms with Crippen molar-refractivity contribution in [3.63, 3.8) is 0 Å². The summed E-state index contributed by atoms with van der Waals surface area (Å²) >= 11 is 5.97. The Kier molecular flexibility index (Phi) is 3.39. The Hall–Kier alpha value is -0.530. The van der Waals surface area contributed by atoms with Crippen LogP contribution < -0.4 is 0 Å². The second kappa shape index (κ2) is 4.79. The smallest absolute Gasteiger partial charge is 0.0998 e. The first kappa shape index (κ1) is 13.5. The molecule has 2 fully saturated rings. The van der Waals surface area contributed by atoms with Gasteiger partial charge in [0.1, 0.15) is 0 Å². The molecule has 0 amide bonds. The average Bonchev–Trinajstić information content (AvgIpc) is 3.17. The SMILES string of the molecule is CC1(C)CCCCC(Cc2ccc(Cl)cc2)C12CO2. The fourth-order valence-corrected chi connectivity index (χ4v) is 3.96. The van der Waals surface area contributed by atoms with Gasteiger partial charge in [-0.15, -0.1) is 0 Å². The summed E-state index contributed by atoms with van der Waals surface area (Å²) in [5.74, 6) is 0.658. The van der Waals surface area contributed by atoms with Crippen molar-refractivity contribution in [2.45, 2.75) is 51.6 Å². The van der Waals surface area contributed by atoms with Crippen LogP contribution in [0.3, 0.4) is 0 Å². The van der Waals surface area contributed by atoms with Gasteiger partial charge < -0.3 is 4.74 Å². The summed E-state index contributed by atoms with van der Waals surface area (Å²) in [4.78, 5) is 0. The van der Waals surface area contributed by atoms with E-state index >= 15 is 0 Å². The second-order valence-corrected chi connectivity index (χ2v) is 7.27. The number of epoxide rings is 1. The third-order valence-electron chi connectivity index (χ3n) is 5.26. The Morgan fingerprint density at radius 3 is 2.53 bits per heavy atom. The van der Waals surface area contributed by atoms with Crippen molar-refractivity contribution in [3.05, 3.63) is 34.9 Å². The van der Waals surface area contributed by atoms with Gasteiger partial charge in [0.25, 0.3) is 0 Å². The monoisotopic (exact) mass is 278 g/mol. The van der Waals surface area contributed by atoms with E-state index in [4.69, 9.17) is 16.3 Å². The predicted molar refractivity (Wildman–Crippen MR) is 79.6 cm³/mol. The van der Waals surface area contributed by atoms with Crippen molar-refractivity contribution in [1.82, 2.24) is 0 Å². The summed E-state index contributed by atoms with van der Waals surface area (Å²) in [6.07, 6.45) is 6.40. The lowest BCUT2D eigenvalue weighted by Gasteiger charge is -2.35. The van der Waals surface area contributed by atoms with Gasteiger partial charge in [0.05, 0.1) is 12.2 Å². The molecule has 1 saturated carbocycles. The van der Waals surface area contributed by atoms with E-state index in [1.54, 1.807) is 0 Å². The van der Waals surface area contributed by atoms with Gasteiger partial charge in [0, 0.05) is 5.02 Å². The van der Waals surface area contributed by atoms with Gasteiger partial charge in [-0.25, -0.2) is 0 Å². The fraction of sp³-hybridized carbons (Fsp3) is 0.647. The number of hydrogen-bond acceptors (Lipinski definition) is 1. The molecule has 1 aliphatic carbocycles. The van der Waals surface area contributed by atoms with Crippen LogP contribution >= 0.6 is 11.6 Å². The van der Waals surface area contributed by atoms with Crippen molar-refractivity contribution < 1.29 is 4.74 Å². The zero-order valence-corrected chi connectivity index (χ0v) is 12.7. The Labute approximate surface area is 121 Å². The number of halogens is 1. The van der Waals surface area contributed by atoms with Crippen LogP contribution in [0.4, 0.5) is 0 Å². The normalized spacial score (nSPS) is 33.1. The van der Waals surface area contributed by atoms with E-state index in [1.807, 2.05) is 12.1 Å². The Morgan fingerprint density at radius 2 is 1.89 bits per heavy atom. The largest absolute Gasteiger partial charge is 0.369 e. The molecule has 2 heteroatoms. The molecule has 1 aromatic rings. The zero-order valence-electron chi connectivity index (χ0n) is 11.9. The summed E-state index contributed by atoms with van der Waals surface area (Å²) in [6, 6.07) is 8.32. The van der Waals surface area contributed by atoms with Crippen LogP contribution in [-0.2, 0) is 11.2 Å². The zero-order chi connectivity index (χ0) is 13.5. The standard InChI is InChI=1S/C17H23ClO/c1-16(2)10-4-3-5-14(17(16)12-19-17)11-13-6-8-15(18)9-7-13/h6-9,14H,3-5,10-12H2,1-2H3. The maximum atomic E-state index is 6.01. The molecule has 1 saturated heterocycles. The van der Waals surface area contributed by atoms with Gasteiger partial charge in [0.15, 0.2) is 0 Å². The first-order valence-electron chi connectivity index (χ1n) is 7.42. The van der Waals surface area contributed by atoms with Gasteiger partial charge in [-0.3, -0.25) is 0 Å². The summed E-state index contributed by atoms with van der Waals surface area (Å²) in [7, 11) is 0. The van der Waals surface area contributed by atoms with E-state index in [0.29, 0.717) is 11.3 Å². The van der Waals surface area contributed by atoms with Crippen LogP contribution in [0, 0.1) is 11.3 Å². The summed E-state index contributed by atoms with van der Waals surface area (Å²) in [5, 5.41) is 0.822. The minimum Gasteiger partial charge on any atom is -0.369 e. The van der Waals surface area contributed by atoms with E-state index in [9.17, 15) is 0 Å². The molecule has 0 radical (unpaired) electrons. The topological polar surface area (TPSA) is 12.5 Å². The molecule has 0 bridgehead atoms. The maximum Gasteiger partial charge on any atom is 0.0998 e. The summed E-state index contributed by atoms with van der Waals surface area (Å²) in [5.41, 5.74) is 1.85. The Bertz CT molecular complexity index is 445. The number of benzene rings is 1. The molecule has 19 heavy (non-hydrogen) atoms. The van der Waals surface area contributed by atoms with Crippen molar-refractivity contribution in [2.24, 2.45) is 11.3 Å². The van der Waals surface area contributed by atoms with Crippen LogP contribution in [0.5, 0.6) is 0 Å². The molecule has 1 aliphatic heterocycles. The molecule has 2 unspecified atom stereocenters. The van der Waals surface area contributed by atoms with Crippen molar-refractivity contribution in [2.75, 3.05) is 6.61 Å². The van der Waals surface area contributed by atoms with E-state index < -0.39 is 0 Å². The third-order valence-corrected chi connectivity index (χ3v) is 5.51. The quantitative estimate of drug-likeness (QED) is 0.703. The highest BCUT2D eigenvalue weighted by Crippen LogP contribution is 2.56. The minimum absolute atomic E-state index is 0.142. The predicted octanol–water partition coefficient (Wildman–Crippen LogP) is 4.87. The molecule has 1 heterocycles. The van der Waals surface area contributed by atoms with E-state index in [0.717, 1.165) is 18.1 Å². The highest BCUT2D eigenvalue weighted by Gasteiger charge is 2.61. The number of rotatable bonds is 2. The van der Waals surface area contributed by atoms with Crippen LogP contribution in [0.25, 0.3) is 0 Å². The highest BCUT2D eigenvalue weighted by atomic mass is 35.5. The van der Waals surface area contributed by atoms with E-state index in [2.05, 4.69) is 26.0 Å². The lowest BCUT2D eigenvalue weighted by atomic mass is 9.69. The van der Waals surface area contributed by atoms with Crippen molar-refractivity contribution in [1.29, 1.82) is 0 Å². The van der Waals surface area contributed by atoms with Crippen LogP contribution in [0.1, 0.15) is 45.1 Å². The third kappa shape index (κ3) is 2.43. The molecular weight excluding hydrogens is 256 g/mol. The van der Waals surface area contributed by atoms with Gasteiger partial charge >= 0.3 is 0 Å². The highest BCUT2D eigenvalue weighted by molar-refractivity contribution is 6.30. The molecule has 1 aromatic carbocycles. The fourth-order valence-electron chi connectivity index (χ4n) is 3.83. The Morgan fingerprint density at radius 1 is 1.21 bits per heavy atom. The molecule has 0 aromatic heterocycles. The molecule has 2 aliphatic rings. The minimum atomic E-state index is 0.142. The van der Waals surface area contributed by atoms with Gasteiger partial charge in [-0.05, 0) is 48.3 Å². The Balaban J connectivity index is 1.81. The molecule has 1 nitrogen and oxygen atoms in total. The van der Waals surface area contributed by atoms with Gasteiger partial charge in [-0.1, -0.05) is 50.4 Å². The molecule has 0 N–H and O–H groups in total. The van der Waals surface area contributed by atoms with E-state index in [1.165, 1.54) is 31.2 Å². The molecule has 104 valence electrons. The molecular formula is C17H23ClO. The van der Waals surface area contributed by atoms with Gasteiger partial charge in [-0.2, -0.15) is 0 Å². The summed E-state index contributed by atoms with van der Waals surface area (Å²) < 4.78 is 6.01. The summed E-state index contributed by atoms with van der Waals surface area (Å²) in [6.45, 7) is 5.73. The van der Waals surface area contributed by atoms with Crippen molar-refractivity contribution in [3.8, 4) is 0 Å². The lowest BCUT2D eigenvalue weighted by Crippen LogP contribution is -2.39. The van der Waals surface area contributed by atoms with Gasteiger partial charge in [0.2, 0.25) is 0 Å². The first-order chi connectivity index (χ1) is 9.03. The number of ether oxygens (including phenoxy) is 1. The van der Waals surface area contributed by atoms with Crippen LogP contribution in [0.15, 0.2) is 24.3 Å². The van der Waals surface area contributed by atoms with Crippen LogP contribution in [-0.4, -0.2) is 12.2 Å². The lowest BCUT2D eigenvalue weighted by molar-refractivity contribution is 0.0797. The van der Waals surface area contributed by atoms with Crippen LogP contribution in [0.2, 0.25) is 5.02 Å². The maximum absolute atomic E-state index is 6.01. The number of hydrogen-bond donors (Lipinski definition) is 0. The second-order valence-electron chi connectivity index (χ2n) is 6.84. The molecule has 3 rings (SSSR count). The molecule has 2 atom stereocenters. The van der Waals surface area contributed by atoms with Crippen molar-refractivity contribution >= 4 is 11.6 Å². The van der Waals surface area contributed by atoms with E-state index in [-0.39, 0.29) is 5.60 Å². The first-order valence-corrected chi connectivity index (χ1v) is 7.80.